The molecule has 0 saturated heterocycles. The highest BCUT2D eigenvalue weighted by atomic mass is 15.1. The highest BCUT2D eigenvalue weighted by molar-refractivity contribution is 6.32. The summed E-state index contributed by atoms with van der Waals surface area (Å²) >= 11 is 0. The standard InChI is InChI=1S/C39H30BN/c1-39(2)37-11-7-6-10-35(37)36-25-24-34(26-38(36)39)41(33-22-18-31(40)19-23-33)32-20-16-30(17-21-32)29-14-12-28(13-15-29)27-8-4-3-5-9-27/h3-26H,1-2H3. The van der Waals surface area contributed by atoms with Gasteiger partial charge in [0.15, 0.2) is 0 Å². The molecule has 0 saturated carbocycles. The molecule has 0 atom stereocenters. The summed E-state index contributed by atoms with van der Waals surface area (Å²) in [5.74, 6) is 0. The Morgan fingerprint density at radius 3 is 1.54 bits per heavy atom. The monoisotopic (exact) mass is 523 g/mol. The van der Waals surface area contributed by atoms with Crippen LogP contribution in [0, 0.1) is 0 Å². The van der Waals surface area contributed by atoms with Crippen LogP contribution in [0.25, 0.3) is 33.4 Å². The third-order valence-corrected chi connectivity index (χ3v) is 8.43. The Morgan fingerprint density at radius 2 is 0.902 bits per heavy atom. The molecule has 2 heteroatoms. The second kappa shape index (κ2) is 9.98. The van der Waals surface area contributed by atoms with Gasteiger partial charge in [-0.3, -0.25) is 0 Å². The Bertz CT molecular complexity index is 1830. The summed E-state index contributed by atoms with van der Waals surface area (Å²) in [7, 11) is 6.08. The van der Waals surface area contributed by atoms with E-state index in [-0.39, 0.29) is 5.41 Å². The molecular weight excluding hydrogens is 493 g/mol. The largest absolute Gasteiger partial charge is 0.310 e. The lowest BCUT2D eigenvalue weighted by Gasteiger charge is -2.28. The van der Waals surface area contributed by atoms with Crippen molar-refractivity contribution in [3.63, 3.8) is 0 Å². The Labute approximate surface area is 244 Å². The topological polar surface area (TPSA) is 3.24 Å². The molecule has 0 bridgehead atoms. The Hall–Kier alpha value is -4.82. The maximum absolute atomic E-state index is 6.08. The average molecular weight is 523 g/mol. The minimum absolute atomic E-state index is 0.0650. The molecule has 0 amide bonds. The summed E-state index contributed by atoms with van der Waals surface area (Å²) in [4.78, 5) is 2.32. The van der Waals surface area contributed by atoms with Crippen LogP contribution < -0.4 is 10.4 Å². The van der Waals surface area contributed by atoms with Crippen molar-refractivity contribution < 1.29 is 0 Å². The number of fused-ring (bicyclic) bond motifs is 3. The zero-order valence-corrected chi connectivity index (χ0v) is 23.4. The molecule has 0 aromatic heterocycles. The molecule has 7 rings (SSSR count). The highest BCUT2D eigenvalue weighted by Crippen LogP contribution is 2.50. The van der Waals surface area contributed by atoms with Crippen molar-refractivity contribution in [3.05, 3.63) is 157 Å². The highest BCUT2D eigenvalue weighted by Gasteiger charge is 2.35. The number of hydrogen-bond donors (Lipinski definition) is 0. The van der Waals surface area contributed by atoms with Crippen molar-refractivity contribution in [2.24, 2.45) is 0 Å². The van der Waals surface area contributed by atoms with Gasteiger partial charge in [0.1, 0.15) is 7.85 Å². The lowest BCUT2D eigenvalue weighted by Crippen LogP contribution is -2.16. The van der Waals surface area contributed by atoms with Gasteiger partial charge in [-0.2, -0.15) is 0 Å². The molecule has 194 valence electrons. The second-order valence-electron chi connectivity index (χ2n) is 11.3. The fourth-order valence-electron chi connectivity index (χ4n) is 6.19. The molecule has 1 aliphatic carbocycles. The summed E-state index contributed by atoms with van der Waals surface area (Å²) in [5, 5.41) is 0. The molecule has 0 fully saturated rings. The number of anilines is 3. The van der Waals surface area contributed by atoms with Crippen molar-refractivity contribution in [1.82, 2.24) is 0 Å². The van der Waals surface area contributed by atoms with Gasteiger partial charge in [-0.15, -0.1) is 0 Å². The predicted molar refractivity (Wildman–Crippen MR) is 175 cm³/mol. The maximum atomic E-state index is 6.08. The molecule has 1 nitrogen and oxygen atoms in total. The Kier molecular flexibility index (Phi) is 6.13. The van der Waals surface area contributed by atoms with Crippen molar-refractivity contribution in [3.8, 4) is 33.4 Å². The van der Waals surface area contributed by atoms with Crippen LogP contribution in [0.1, 0.15) is 25.0 Å². The van der Waals surface area contributed by atoms with Gasteiger partial charge >= 0.3 is 0 Å². The molecule has 0 aliphatic heterocycles. The van der Waals surface area contributed by atoms with E-state index in [0.29, 0.717) is 0 Å². The van der Waals surface area contributed by atoms with Crippen LogP contribution in [0.5, 0.6) is 0 Å². The van der Waals surface area contributed by atoms with Crippen molar-refractivity contribution in [1.29, 1.82) is 0 Å². The Balaban J connectivity index is 1.27. The van der Waals surface area contributed by atoms with E-state index in [0.717, 1.165) is 22.5 Å². The average Bonchev–Trinajstić information content (AvgIpc) is 3.25. The summed E-state index contributed by atoms with van der Waals surface area (Å²) in [6.45, 7) is 4.65. The third kappa shape index (κ3) is 4.46. The fourth-order valence-corrected chi connectivity index (χ4v) is 6.19. The van der Waals surface area contributed by atoms with Crippen molar-refractivity contribution >= 4 is 30.4 Å². The van der Waals surface area contributed by atoms with E-state index >= 15 is 0 Å². The van der Waals surface area contributed by atoms with Crippen molar-refractivity contribution in [2.75, 3.05) is 4.90 Å². The lowest BCUT2D eigenvalue weighted by atomic mass is 9.82. The SMILES string of the molecule is [B]c1ccc(N(c2ccc(-c3ccc(-c4ccccc4)cc3)cc2)c2ccc3c(c2)C(C)(C)c2ccccc2-3)cc1. The molecular formula is C39H30BN. The first-order valence-electron chi connectivity index (χ1n) is 14.1. The fraction of sp³-hybridized carbons (Fsp3) is 0.0769. The van der Waals surface area contributed by atoms with Crippen LogP contribution in [-0.2, 0) is 5.41 Å². The molecule has 6 aromatic carbocycles. The maximum Gasteiger partial charge on any atom is 0.113 e. The number of benzene rings is 6. The van der Waals surface area contributed by atoms with Gasteiger partial charge in [0.05, 0.1) is 0 Å². The third-order valence-electron chi connectivity index (χ3n) is 8.43. The first kappa shape index (κ1) is 25.2. The van der Waals surface area contributed by atoms with E-state index < -0.39 is 0 Å². The van der Waals surface area contributed by atoms with Gasteiger partial charge in [-0.1, -0.05) is 129 Å². The predicted octanol–water partition coefficient (Wildman–Crippen LogP) is 9.59. The van der Waals surface area contributed by atoms with E-state index in [4.69, 9.17) is 7.85 Å². The normalized spacial score (nSPS) is 12.9. The number of rotatable bonds is 5. The molecule has 41 heavy (non-hydrogen) atoms. The minimum Gasteiger partial charge on any atom is -0.310 e. The van der Waals surface area contributed by atoms with Gasteiger partial charge in [0, 0.05) is 22.5 Å². The van der Waals surface area contributed by atoms with Crippen LogP contribution in [-0.4, -0.2) is 7.85 Å². The zero-order chi connectivity index (χ0) is 28.0. The molecule has 0 spiro atoms. The molecule has 2 radical (unpaired) electrons. The minimum atomic E-state index is -0.0650. The van der Waals surface area contributed by atoms with E-state index in [1.165, 1.54) is 44.5 Å². The van der Waals surface area contributed by atoms with Gasteiger partial charge in [0.2, 0.25) is 0 Å². The molecule has 0 unspecified atom stereocenters. The molecule has 1 aliphatic rings. The van der Waals surface area contributed by atoms with Gasteiger partial charge in [-0.25, -0.2) is 0 Å². The van der Waals surface area contributed by atoms with Crippen LogP contribution >= 0.6 is 0 Å². The van der Waals surface area contributed by atoms with Crippen LogP contribution in [0.2, 0.25) is 0 Å². The first-order valence-corrected chi connectivity index (χ1v) is 14.1. The van der Waals surface area contributed by atoms with E-state index in [2.05, 4.69) is 152 Å². The number of nitrogens with zero attached hydrogens (tertiary/aromatic N) is 1. The van der Waals surface area contributed by atoms with Gasteiger partial charge < -0.3 is 4.90 Å². The quantitative estimate of drug-likeness (QED) is 0.203. The van der Waals surface area contributed by atoms with Crippen LogP contribution in [0.15, 0.2) is 146 Å². The van der Waals surface area contributed by atoms with E-state index in [1.54, 1.807) is 0 Å². The smallest absolute Gasteiger partial charge is 0.113 e. The van der Waals surface area contributed by atoms with Gasteiger partial charge in [0.25, 0.3) is 0 Å². The van der Waals surface area contributed by atoms with E-state index in [9.17, 15) is 0 Å². The molecule has 6 aromatic rings. The van der Waals surface area contributed by atoms with E-state index in [1.807, 2.05) is 12.1 Å². The molecule has 0 heterocycles. The van der Waals surface area contributed by atoms with Crippen LogP contribution in [0.3, 0.4) is 0 Å². The molecule has 0 N–H and O–H groups in total. The van der Waals surface area contributed by atoms with Crippen LogP contribution in [0.4, 0.5) is 17.1 Å². The first-order chi connectivity index (χ1) is 20.0. The second-order valence-corrected chi connectivity index (χ2v) is 11.3. The summed E-state index contributed by atoms with van der Waals surface area (Å²) in [5.41, 5.74) is 14.2. The number of hydrogen-bond acceptors (Lipinski definition) is 1. The Morgan fingerprint density at radius 1 is 0.439 bits per heavy atom. The zero-order valence-electron chi connectivity index (χ0n) is 23.4. The lowest BCUT2D eigenvalue weighted by molar-refractivity contribution is 0.660. The summed E-state index contributed by atoms with van der Waals surface area (Å²) in [6, 6.07) is 52.0. The summed E-state index contributed by atoms with van der Waals surface area (Å²) < 4.78 is 0. The summed E-state index contributed by atoms with van der Waals surface area (Å²) in [6.07, 6.45) is 0. The van der Waals surface area contributed by atoms with Gasteiger partial charge in [-0.05, 0) is 80.9 Å². The van der Waals surface area contributed by atoms with Crippen molar-refractivity contribution in [2.45, 2.75) is 19.3 Å².